The van der Waals surface area contributed by atoms with Crippen molar-refractivity contribution in [2.45, 2.75) is 57.5 Å². The molecule has 2 aliphatic rings. The minimum absolute atomic E-state index is 0.246. The van der Waals surface area contributed by atoms with E-state index < -0.39 is 22.0 Å². The molecule has 2 heterocycles. The Balaban J connectivity index is 1.43. The van der Waals surface area contributed by atoms with Gasteiger partial charge in [-0.2, -0.15) is 4.31 Å². The SMILES string of the molecule is Cc1cc(C)c(S(=O)(=O)N2CCCC2C(=O)OCC(=O)N2CCc3ccccc3C2)c(C)c1. The number of sulfonamides is 1. The second-order valence-corrected chi connectivity index (χ2v) is 10.8. The van der Waals surface area contributed by atoms with Crippen LogP contribution in [-0.4, -0.2) is 55.2 Å². The Kier molecular flexibility index (Phi) is 6.59. The van der Waals surface area contributed by atoms with Crippen LogP contribution in [0.5, 0.6) is 0 Å². The number of rotatable bonds is 5. The molecule has 0 aromatic heterocycles. The number of carbonyl (C=O) groups excluding carboxylic acids is 2. The zero-order valence-electron chi connectivity index (χ0n) is 19.3. The lowest BCUT2D eigenvalue weighted by Crippen LogP contribution is -2.43. The summed E-state index contributed by atoms with van der Waals surface area (Å²) in [5.74, 6) is -0.931. The number of nitrogens with zero attached hydrogens (tertiary/aromatic N) is 2. The lowest BCUT2D eigenvalue weighted by molar-refractivity contribution is -0.155. The average Bonchev–Trinajstić information content (AvgIpc) is 3.27. The van der Waals surface area contributed by atoms with Gasteiger partial charge in [0.15, 0.2) is 6.61 Å². The molecule has 2 aliphatic heterocycles. The van der Waals surface area contributed by atoms with Crippen LogP contribution in [0.3, 0.4) is 0 Å². The van der Waals surface area contributed by atoms with Gasteiger partial charge in [-0.25, -0.2) is 8.42 Å². The highest BCUT2D eigenvalue weighted by Gasteiger charge is 2.41. The molecule has 2 aromatic rings. The van der Waals surface area contributed by atoms with Crippen molar-refractivity contribution in [2.75, 3.05) is 19.7 Å². The summed E-state index contributed by atoms with van der Waals surface area (Å²) in [6.45, 7) is 6.40. The Hall–Kier alpha value is -2.71. The van der Waals surface area contributed by atoms with Crippen LogP contribution in [0.2, 0.25) is 0 Å². The Morgan fingerprint density at radius 3 is 2.39 bits per heavy atom. The molecule has 1 fully saturated rings. The van der Waals surface area contributed by atoms with Gasteiger partial charge in [0.1, 0.15) is 6.04 Å². The molecule has 0 bridgehead atoms. The first-order chi connectivity index (χ1) is 15.7. The van der Waals surface area contributed by atoms with Gasteiger partial charge in [-0.3, -0.25) is 9.59 Å². The number of hydrogen-bond donors (Lipinski definition) is 0. The first-order valence-corrected chi connectivity index (χ1v) is 12.7. The molecule has 7 nitrogen and oxygen atoms in total. The molecular weight excluding hydrogens is 440 g/mol. The lowest BCUT2D eigenvalue weighted by Gasteiger charge is -2.29. The Morgan fingerprint density at radius 2 is 1.70 bits per heavy atom. The largest absolute Gasteiger partial charge is 0.454 e. The van der Waals surface area contributed by atoms with E-state index >= 15 is 0 Å². The first kappa shape index (κ1) is 23.4. The van der Waals surface area contributed by atoms with Crippen molar-refractivity contribution in [3.8, 4) is 0 Å². The maximum atomic E-state index is 13.4. The Labute approximate surface area is 195 Å². The van der Waals surface area contributed by atoms with Gasteiger partial charge >= 0.3 is 5.97 Å². The average molecular weight is 471 g/mol. The van der Waals surface area contributed by atoms with Crippen molar-refractivity contribution in [1.29, 1.82) is 0 Å². The highest BCUT2D eigenvalue weighted by molar-refractivity contribution is 7.89. The molecule has 1 amide bonds. The van der Waals surface area contributed by atoms with E-state index in [4.69, 9.17) is 4.74 Å². The maximum Gasteiger partial charge on any atom is 0.324 e. The number of esters is 1. The van der Waals surface area contributed by atoms with Crippen molar-refractivity contribution in [1.82, 2.24) is 9.21 Å². The van der Waals surface area contributed by atoms with Crippen LogP contribution in [0.4, 0.5) is 0 Å². The normalized spacial score (nSPS) is 18.8. The van der Waals surface area contributed by atoms with E-state index in [1.54, 1.807) is 18.7 Å². The number of benzene rings is 2. The van der Waals surface area contributed by atoms with Crippen molar-refractivity contribution < 1.29 is 22.7 Å². The molecule has 1 unspecified atom stereocenters. The van der Waals surface area contributed by atoms with Crippen LogP contribution in [0.15, 0.2) is 41.3 Å². The van der Waals surface area contributed by atoms with Crippen LogP contribution in [0.25, 0.3) is 0 Å². The highest BCUT2D eigenvalue weighted by atomic mass is 32.2. The molecule has 0 N–H and O–H groups in total. The van der Waals surface area contributed by atoms with E-state index in [0.29, 0.717) is 37.1 Å². The molecule has 8 heteroatoms. The summed E-state index contributed by atoms with van der Waals surface area (Å²) in [7, 11) is -3.87. The van der Waals surface area contributed by atoms with Crippen LogP contribution in [-0.2, 0) is 37.3 Å². The predicted molar refractivity (Wildman–Crippen MR) is 124 cm³/mol. The summed E-state index contributed by atoms with van der Waals surface area (Å²) in [5, 5.41) is 0. The quantitative estimate of drug-likeness (QED) is 0.628. The monoisotopic (exact) mass is 470 g/mol. The molecule has 2 aromatic carbocycles. The van der Waals surface area contributed by atoms with Gasteiger partial charge < -0.3 is 9.64 Å². The maximum absolute atomic E-state index is 13.4. The fraction of sp³-hybridized carbons (Fsp3) is 0.440. The number of fused-ring (bicyclic) bond motifs is 1. The zero-order chi connectivity index (χ0) is 23.8. The van der Waals surface area contributed by atoms with Gasteiger partial charge in [0.2, 0.25) is 10.0 Å². The van der Waals surface area contributed by atoms with Gasteiger partial charge in [-0.05, 0) is 62.3 Å². The third-order valence-corrected chi connectivity index (χ3v) is 8.68. The van der Waals surface area contributed by atoms with E-state index in [1.165, 1.54) is 9.87 Å². The highest BCUT2D eigenvalue weighted by Crippen LogP contribution is 2.31. The van der Waals surface area contributed by atoms with E-state index in [-0.39, 0.29) is 24.0 Å². The topological polar surface area (TPSA) is 84.0 Å². The van der Waals surface area contributed by atoms with Crippen LogP contribution in [0.1, 0.15) is 40.7 Å². The number of amides is 1. The number of aryl methyl sites for hydroxylation is 3. The molecule has 33 heavy (non-hydrogen) atoms. The number of hydrogen-bond acceptors (Lipinski definition) is 5. The fourth-order valence-corrected chi connectivity index (χ4v) is 7.05. The van der Waals surface area contributed by atoms with Crippen molar-refractivity contribution >= 4 is 21.9 Å². The third kappa shape index (κ3) is 4.68. The predicted octanol–water partition coefficient (Wildman–Crippen LogP) is 2.89. The molecular formula is C25H30N2O5S. The summed E-state index contributed by atoms with van der Waals surface area (Å²) in [6.07, 6.45) is 1.72. The van der Waals surface area contributed by atoms with Gasteiger partial charge in [-0.1, -0.05) is 42.0 Å². The summed E-state index contributed by atoms with van der Waals surface area (Å²) < 4.78 is 33.5. The summed E-state index contributed by atoms with van der Waals surface area (Å²) in [6, 6.07) is 10.7. The van der Waals surface area contributed by atoms with Gasteiger partial charge in [0.05, 0.1) is 4.90 Å². The molecule has 0 saturated carbocycles. The Morgan fingerprint density at radius 1 is 1.03 bits per heavy atom. The smallest absolute Gasteiger partial charge is 0.324 e. The first-order valence-electron chi connectivity index (χ1n) is 11.3. The van der Waals surface area contributed by atoms with E-state index in [1.807, 2.05) is 37.3 Å². The van der Waals surface area contributed by atoms with Gasteiger partial charge in [0.25, 0.3) is 5.91 Å². The molecule has 1 atom stereocenters. The standard InChI is InChI=1S/C25H30N2O5S/c1-17-13-18(2)24(19(3)14-17)33(30,31)27-11-6-9-22(27)25(29)32-16-23(28)26-12-10-20-7-4-5-8-21(20)15-26/h4-5,7-8,13-14,22H,6,9-12,15-16H2,1-3H3. The zero-order valence-corrected chi connectivity index (χ0v) is 20.2. The summed E-state index contributed by atoms with van der Waals surface area (Å²) in [4.78, 5) is 27.4. The second kappa shape index (κ2) is 9.27. The van der Waals surface area contributed by atoms with Gasteiger partial charge in [-0.15, -0.1) is 0 Å². The lowest BCUT2D eigenvalue weighted by atomic mass is 10.00. The number of carbonyl (C=O) groups is 2. The number of ether oxygens (including phenoxy) is 1. The van der Waals surface area contributed by atoms with Crippen molar-refractivity contribution in [3.63, 3.8) is 0 Å². The molecule has 1 saturated heterocycles. The van der Waals surface area contributed by atoms with E-state index in [9.17, 15) is 18.0 Å². The summed E-state index contributed by atoms with van der Waals surface area (Å²) in [5.41, 5.74) is 4.63. The van der Waals surface area contributed by atoms with Crippen LogP contribution >= 0.6 is 0 Å². The second-order valence-electron chi connectivity index (χ2n) is 8.94. The molecule has 0 radical (unpaired) electrons. The molecule has 0 aliphatic carbocycles. The third-order valence-electron chi connectivity index (χ3n) is 6.47. The minimum Gasteiger partial charge on any atom is -0.454 e. The van der Waals surface area contributed by atoms with Crippen LogP contribution < -0.4 is 0 Å². The van der Waals surface area contributed by atoms with Crippen molar-refractivity contribution in [3.05, 3.63) is 64.2 Å². The molecule has 4 rings (SSSR count). The van der Waals surface area contributed by atoms with Crippen LogP contribution in [0, 0.1) is 20.8 Å². The minimum atomic E-state index is -3.87. The molecule has 0 spiro atoms. The Bertz CT molecular complexity index is 1170. The fourth-order valence-electron chi connectivity index (χ4n) is 4.98. The van der Waals surface area contributed by atoms with Gasteiger partial charge in [0, 0.05) is 19.6 Å². The van der Waals surface area contributed by atoms with Crippen molar-refractivity contribution in [2.24, 2.45) is 0 Å². The van der Waals surface area contributed by atoms with E-state index in [2.05, 4.69) is 6.07 Å². The molecule has 176 valence electrons. The summed E-state index contributed by atoms with van der Waals surface area (Å²) >= 11 is 0. The van der Waals surface area contributed by atoms with E-state index in [0.717, 1.165) is 17.5 Å².